The highest BCUT2D eigenvalue weighted by molar-refractivity contribution is 9.10. The smallest absolute Gasteiger partial charge is 0.308 e. The summed E-state index contributed by atoms with van der Waals surface area (Å²) in [5.74, 6) is -0.726. The lowest BCUT2D eigenvalue weighted by molar-refractivity contribution is -0.146. The van der Waals surface area contributed by atoms with Crippen molar-refractivity contribution in [2.45, 2.75) is 25.2 Å². The Morgan fingerprint density at radius 2 is 2.14 bits per heavy atom. The zero-order chi connectivity index (χ0) is 15.0. The van der Waals surface area contributed by atoms with Crippen molar-refractivity contribution in [3.63, 3.8) is 0 Å². The molecule has 2 fully saturated rings. The first-order valence-corrected chi connectivity index (χ1v) is 8.12. The standard InChI is InChI=1S/C16H18BrNO3/c17-12-5-1-3-10(7-12)13-8-14(13)15(19)18-6-2-4-11(9-18)16(20)21/h1,3,5,7,11,13-14H,2,4,6,8-9H2,(H,20,21)/t11-,13+,14-/m1/s1. The maximum absolute atomic E-state index is 12.5. The molecule has 112 valence electrons. The second-order valence-corrected chi connectivity index (χ2v) is 6.88. The van der Waals surface area contributed by atoms with Gasteiger partial charge in [-0.15, -0.1) is 0 Å². The van der Waals surface area contributed by atoms with Crippen LogP contribution < -0.4 is 0 Å². The minimum atomic E-state index is -0.785. The van der Waals surface area contributed by atoms with Crippen molar-refractivity contribution in [3.8, 4) is 0 Å². The van der Waals surface area contributed by atoms with Gasteiger partial charge in [-0.1, -0.05) is 28.1 Å². The molecule has 3 rings (SSSR count). The summed E-state index contributed by atoms with van der Waals surface area (Å²) in [4.78, 5) is 25.4. The highest BCUT2D eigenvalue weighted by atomic mass is 79.9. The lowest BCUT2D eigenvalue weighted by Crippen LogP contribution is -2.43. The minimum absolute atomic E-state index is 0.0341. The van der Waals surface area contributed by atoms with E-state index >= 15 is 0 Å². The summed E-state index contributed by atoms with van der Waals surface area (Å²) in [6.07, 6.45) is 2.35. The first-order chi connectivity index (χ1) is 10.1. The summed E-state index contributed by atoms with van der Waals surface area (Å²) in [6.45, 7) is 1.07. The second kappa shape index (κ2) is 5.79. The first kappa shape index (κ1) is 14.6. The molecule has 1 amide bonds. The quantitative estimate of drug-likeness (QED) is 0.910. The van der Waals surface area contributed by atoms with Crippen molar-refractivity contribution in [1.29, 1.82) is 0 Å². The van der Waals surface area contributed by atoms with Gasteiger partial charge < -0.3 is 10.0 Å². The SMILES string of the molecule is O=C(O)[C@@H]1CCCN(C(=O)[C@@H]2C[C@H]2c2cccc(Br)c2)C1. The molecule has 5 heteroatoms. The van der Waals surface area contributed by atoms with Crippen LogP contribution in [-0.4, -0.2) is 35.0 Å². The average molecular weight is 352 g/mol. The Morgan fingerprint density at radius 1 is 1.33 bits per heavy atom. The molecule has 1 aliphatic heterocycles. The van der Waals surface area contributed by atoms with E-state index in [1.54, 1.807) is 4.90 Å². The zero-order valence-electron chi connectivity index (χ0n) is 11.7. The predicted octanol–water partition coefficient (Wildman–Crippen LogP) is 2.88. The fraction of sp³-hybridized carbons (Fsp3) is 0.500. The lowest BCUT2D eigenvalue weighted by atomic mass is 9.97. The number of amides is 1. The van der Waals surface area contributed by atoms with Crippen molar-refractivity contribution in [3.05, 3.63) is 34.3 Å². The predicted molar refractivity (Wildman–Crippen MR) is 81.9 cm³/mol. The van der Waals surface area contributed by atoms with Gasteiger partial charge in [-0.25, -0.2) is 0 Å². The van der Waals surface area contributed by atoms with E-state index in [0.29, 0.717) is 25.4 Å². The summed E-state index contributed by atoms with van der Waals surface area (Å²) >= 11 is 3.45. The molecule has 1 aromatic rings. The van der Waals surface area contributed by atoms with Crippen LogP contribution in [0.4, 0.5) is 0 Å². The minimum Gasteiger partial charge on any atom is -0.481 e. The van der Waals surface area contributed by atoms with E-state index in [9.17, 15) is 9.59 Å². The van der Waals surface area contributed by atoms with Gasteiger partial charge in [0.25, 0.3) is 0 Å². The molecule has 0 aromatic heterocycles. The monoisotopic (exact) mass is 351 g/mol. The van der Waals surface area contributed by atoms with Crippen molar-refractivity contribution in [1.82, 2.24) is 4.90 Å². The highest BCUT2D eigenvalue weighted by Crippen LogP contribution is 2.49. The van der Waals surface area contributed by atoms with Crippen LogP contribution in [0.1, 0.15) is 30.7 Å². The number of hydrogen-bond donors (Lipinski definition) is 1. The number of carboxylic acids is 1. The molecule has 0 bridgehead atoms. The third-order valence-corrected chi connectivity index (χ3v) is 4.96. The van der Waals surface area contributed by atoms with Gasteiger partial charge in [0, 0.05) is 23.5 Å². The van der Waals surface area contributed by atoms with Gasteiger partial charge >= 0.3 is 5.97 Å². The van der Waals surface area contributed by atoms with Crippen molar-refractivity contribution in [2.75, 3.05) is 13.1 Å². The molecule has 1 saturated carbocycles. The molecule has 21 heavy (non-hydrogen) atoms. The third-order valence-electron chi connectivity index (χ3n) is 4.47. The van der Waals surface area contributed by atoms with E-state index in [0.717, 1.165) is 17.3 Å². The van der Waals surface area contributed by atoms with Gasteiger partial charge in [-0.05, 0) is 42.9 Å². The Kier molecular flexibility index (Phi) is 4.02. The van der Waals surface area contributed by atoms with E-state index < -0.39 is 11.9 Å². The number of halogens is 1. The van der Waals surface area contributed by atoms with E-state index in [1.807, 2.05) is 12.1 Å². The fourth-order valence-electron chi connectivity index (χ4n) is 3.19. The molecule has 1 N–H and O–H groups in total. The number of likely N-dealkylation sites (tertiary alicyclic amines) is 1. The van der Waals surface area contributed by atoms with Crippen LogP contribution in [0, 0.1) is 11.8 Å². The number of piperidine rings is 1. The summed E-state index contributed by atoms with van der Waals surface area (Å²) in [7, 11) is 0. The number of aliphatic carboxylic acids is 1. The van der Waals surface area contributed by atoms with E-state index in [2.05, 4.69) is 28.1 Å². The Hall–Kier alpha value is -1.36. The highest BCUT2D eigenvalue weighted by Gasteiger charge is 2.46. The summed E-state index contributed by atoms with van der Waals surface area (Å²) in [6, 6.07) is 8.08. The van der Waals surface area contributed by atoms with Gasteiger partial charge in [0.05, 0.1) is 5.92 Å². The third kappa shape index (κ3) is 3.12. The van der Waals surface area contributed by atoms with Gasteiger partial charge in [-0.3, -0.25) is 9.59 Å². The number of carboxylic acid groups (broad SMARTS) is 1. The number of hydrogen-bond acceptors (Lipinski definition) is 2. The van der Waals surface area contributed by atoms with E-state index in [1.165, 1.54) is 5.56 Å². The van der Waals surface area contributed by atoms with Crippen LogP contribution in [0.3, 0.4) is 0 Å². The Labute approximate surface area is 132 Å². The van der Waals surface area contributed by atoms with Gasteiger partial charge in [-0.2, -0.15) is 0 Å². The number of carbonyl (C=O) groups excluding carboxylic acids is 1. The number of carbonyl (C=O) groups is 2. The largest absolute Gasteiger partial charge is 0.481 e. The maximum Gasteiger partial charge on any atom is 0.308 e. The number of rotatable bonds is 3. The number of nitrogens with zero attached hydrogens (tertiary/aromatic N) is 1. The van der Waals surface area contributed by atoms with E-state index in [-0.39, 0.29) is 11.8 Å². The zero-order valence-corrected chi connectivity index (χ0v) is 13.3. The summed E-state index contributed by atoms with van der Waals surface area (Å²) in [5, 5.41) is 9.11. The fourth-order valence-corrected chi connectivity index (χ4v) is 3.60. The van der Waals surface area contributed by atoms with Gasteiger partial charge in [0.2, 0.25) is 5.91 Å². The first-order valence-electron chi connectivity index (χ1n) is 7.33. The molecule has 1 saturated heterocycles. The molecular weight excluding hydrogens is 334 g/mol. The molecule has 4 nitrogen and oxygen atoms in total. The lowest BCUT2D eigenvalue weighted by Gasteiger charge is -2.31. The van der Waals surface area contributed by atoms with Crippen molar-refractivity contribution in [2.24, 2.45) is 11.8 Å². The molecule has 0 unspecified atom stereocenters. The average Bonchev–Trinajstić information content (AvgIpc) is 3.27. The van der Waals surface area contributed by atoms with Crippen LogP contribution in [0.5, 0.6) is 0 Å². The molecule has 3 atom stereocenters. The topological polar surface area (TPSA) is 57.6 Å². The van der Waals surface area contributed by atoms with Crippen molar-refractivity contribution >= 4 is 27.8 Å². The molecular formula is C16H18BrNO3. The number of benzene rings is 1. The Balaban J connectivity index is 1.63. The van der Waals surface area contributed by atoms with Crippen LogP contribution in [0.2, 0.25) is 0 Å². The van der Waals surface area contributed by atoms with Crippen molar-refractivity contribution < 1.29 is 14.7 Å². The van der Waals surface area contributed by atoms with Crippen LogP contribution in [-0.2, 0) is 9.59 Å². The second-order valence-electron chi connectivity index (χ2n) is 5.97. The van der Waals surface area contributed by atoms with Gasteiger partial charge in [0.1, 0.15) is 0 Å². The summed E-state index contributed by atoms with van der Waals surface area (Å²) < 4.78 is 1.03. The molecule has 1 heterocycles. The normalized spacial score (nSPS) is 28.2. The molecule has 0 spiro atoms. The molecule has 1 aromatic carbocycles. The van der Waals surface area contributed by atoms with Crippen LogP contribution in [0.15, 0.2) is 28.7 Å². The maximum atomic E-state index is 12.5. The van der Waals surface area contributed by atoms with E-state index in [4.69, 9.17) is 5.11 Å². The molecule has 2 aliphatic rings. The van der Waals surface area contributed by atoms with Gasteiger partial charge in [0.15, 0.2) is 0 Å². The van der Waals surface area contributed by atoms with Crippen LogP contribution >= 0.6 is 15.9 Å². The Morgan fingerprint density at radius 3 is 2.86 bits per heavy atom. The molecule has 1 aliphatic carbocycles. The summed E-state index contributed by atoms with van der Waals surface area (Å²) in [5.41, 5.74) is 1.19. The Bertz CT molecular complexity index is 574. The molecule has 0 radical (unpaired) electrons. The van der Waals surface area contributed by atoms with Crippen LogP contribution in [0.25, 0.3) is 0 Å².